The van der Waals surface area contributed by atoms with Crippen LogP contribution < -0.4 is 10.1 Å². The average Bonchev–Trinajstić information content (AvgIpc) is 3.09. The van der Waals surface area contributed by atoms with Crippen LogP contribution in [-0.2, 0) is 4.79 Å². The van der Waals surface area contributed by atoms with Crippen LogP contribution in [0.4, 0.5) is 0 Å². The van der Waals surface area contributed by atoms with Gasteiger partial charge in [0.1, 0.15) is 21.4 Å². The standard InChI is InChI=1S/C16H10N2O3S2/c1-20-9-2-3-12-11(5-9)14-8(7-17-12)4-10(21-14)6-13-15(19)18-16(22)23-13/h2-7H,1H3,(H,18,19,22)/b13-6-. The molecular formula is C16H10N2O3S2. The maximum absolute atomic E-state index is 11.7. The van der Waals surface area contributed by atoms with Gasteiger partial charge in [-0.3, -0.25) is 9.78 Å². The lowest BCUT2D eigenvalue weighted by atomic mass is 10.1. The number of amides is 1. The summed E-state index contributed by atoms with van der Waals surface area (Å²) in [7, 11) is 1.62. The average molecular weight is 342 g/mol. The van der Waals surface area contributed by atoms with Crippen molar-refractivity contribution in [2.45, 2.75) is 0 Å². The highest BCUT2D eigenvalue weighted by Gasteiger charge is 2.22. The number of hydrogen-bond donors (Lipinski definition) is 1. The highest BCUT2D eigenvalue weighted by Crippen LogP contribution is 2.32. The second-order valence-electron chi connectivity index (χ2n) is 4.93. The first-order valence-electron chi connectivity index (χ1n) is 6.75. The van der Waals surface area contributed by atoms with E-state index in [0.717, 1.165) is 22.0 Å². The minimum Gasteiger partial charge on any atom is -0.497 e. The van der Waals surface area contributed by atoms with Crippen molar-refractivity contribution in [2.24, 2.45) is 0 Å². The Morgan fingerprint density at radius 2 is 2.26 bits per heavy atom. The summed E-state index contributed by atoms with van der Waals surface area (Å²) in [5.74, 6) is 1.11. The fourth-order valence-electron chi connectivity index (χ4n) is 2.43. The van der Waals surface area contributed by atoms with Crippen LogP contribution in [0.3, 0.4) is 0 Å². The number of hydrogen-bond acceptors (Lipinski definition) is 6. The summed E-state index contributed by atoms with van der Waals surface area (Å²) < 4.78 is 11.6. The molecule has 1 saturated heterocycles. The molecule has 1 fully saturated rings. The Balaban J connectivity index is 1.87. The largest absolute Gasteiger partial charge is 0.497 e. The molecule has 5 nitrogen and oxygen atoms in total. The van der Waals surface area contributed by atoms with Crippen LogP contribution >= 0.6 is 24.0 Å². The van der Waals surface area contributed by atoms with Gasteiger partial charge in [0.25, 0.3) is 5.91 Å². The molecule has 0 atom stereocenters. The molecule has 1 aliphatic heterocycles. The third-order valence-electron chi connectivity index (χ3n) is 3.49. The molecule has 0 spiro atoms. The third-order valence-corrected chi connectivity index (χ3v) is 4.65. The zero-order chi connectivity index (χ0) is 16.0. The van der Waals surface area contributed by atoms with Gasteiger partial charge in [-0.05, 0) is 24.3 Å². The molecule has 1 aromatic carbocycles. The first kappa shape index (κ1) is 14.2. The smallest absolute Gasteiger partial charge is 0.263 e. The number of ether oxygens (including phenoxy) is 1. The monoisotopic (exact) mass is 342 g/mol. The number of pyridine rings is 1. The lowest BCUT2D eigenvalue weighted by Crippen LogP contribution is -2.17. The first-order chi connectivity index (χ1) is 11.1. The Morgan fingerprint density at radius 3 is 3.00 bits per heavy atom. The number of thioether (sulfide) groups is 1. The van der Waals surface area contributed by atoms with Gasteiger partial charge >= 0.3 is 0 Å². The van der Waals surface area contributed by atoms with Crippen molar-refractivity contribution in [3.8, 4) is 5.75 Å². The number of fused-ring (bicyclic) bond motifs is 3. The van der Waals surface area contributed by atoms with Gasteiger partial charge < -0.3 is 14.5 Å². The molecule has 4 rings (SSSR count). The number of furan rings is 1. The molecular weight excluding hydrogens is 332 g/mol. The zero-order valence-electron chi connectivity index (χ0n) is 12.0. The Morgan fingerprint density at radius 1 is 1.39 bits per heavy atom. The number of carbonyl (C=O) groups is 1. The van der Waals surface area contributed by atoms with Crippen LogP contribution in [-0.4, -0.2) is 22.3 Å². The quantitative estimate of drug-likeness (QED) is 0.568. The Hall–Kier alpha value is -2.38. The van der Waals surface area contributed by atoms with E-state index in [0.29, 0.717) is 20.6 Å². The number of aromatic nitrogens is 1. The summed E-state index contributed by atoms with van der Waals surface area (Å²) in [6, 6.07) is 7.47. The molecule has 0 radical (unpaired) electrons. The Bertz CT molecular complexity index is 1010. The predicted octanol–water partition coefficient (Wildman–Crippen LogP) is 3.48. The van der Waals surface area contributed by atoms with Crippen molar-refractivity contribution in [3.05, 3.63) is 41.1 Å². The molecule has 7 heteroatoms. The van der Waals surface area contributed by atoms with Gasteiger partial charge in [-0.25, -0.2) is 0 Å². The van der Waals surface area contributed by atoms with Gasteiger partial charge in [-0.15, -0.1) is 0 Å². The minimum atomic E-state index is -0.204. The van der Waals surface area contributed by atoms with Crippen LogP contribution in [0.5, 0.6) is 5.75 Å². The highest BCUT2D eigenvalue weighted by atomic mass is 32.2. The Labute approximate surface area is 140 Å². The van der Waals surface area contributed by atoms with E-state index in [1.807, 2.05) is 24.3 Å². The minimum absolute atomic E-state index is 0.204. The number of rotatable bonds is 2. The molecule has 1 aliphatic rings. The van der Waals surface area contributed by atoms with E-state index in [4.69, 9.17) is 21.4 Å². The molecule has 3 aromatic rings. The van der Waals surface area contributed by atoms with Gasteiger partial charge in [0.15, 0.2) is 0 Å². The number of benzene rings is 1. The summed E-state index contributed by atoms with van der Waals surface area (Å²) in [6.45, 7) is 0. The van der Waals surface area contributed by atoms with Crippen molar-refractivity contribution >= 4 is 62.2 Å². The van der Waals surface area contributed by atoms with E-state index < -0.39 is 0 Å². The summed E-state index contributed by atoms with van der Waals surface area (Å²) in [5.41, 5.74) is 1.53. The number of methoxy groups -OCH3 is 1. The summed E-state index contributed by atoms with van der Waals surface area (Å²) in [5, 5.41) is 4.31. The van der Waals surface area contributed by atoms with Gasteiger partial charge in [-0.1, -0.05) is 24.0 Å². The molecule has 0 aliphatic carbocycles. The lowest BCUT2D eigenvalue weighted by Gasteiger charge is -2.02. The maximum atomic E-state index is 11.7. The molecule has 0 bridgehead atoms. The van der Waals surface area contributed by atoms with E-state index in [-0.39, 0.29) is 5.91 Å². The lowest BCUT2D eigenvalue weighted by molar-refractivity contribution is -0.115. The van der Waals surface area contributed by atoms with Crippen molar-refractivity contribution in [3.63, 3.8) is 0 Å². The summed E-state index contributed by atoms with van der Waals surface area (Å²) in [6.07, 6.45) is 3.44. The van der Waals surface area contributed by atoms with Gasteiger partial charge in [0, 0.05) is 23.0 Å². The van der Waals surface area contributed by atoms with Crippen LogP contribution in [0.1, 0.15) is 5.76 Å². The number of nitrogens with zero attached hydrogens (tertiary/aromatic N) is 1. The number of carbonyl (C=O) groups excluding carboxylic acids is 1. The molecule has 1 N–H and O–H groups in total. The van der Waals surface area contributed by atoms with E-state index in [9.17, 15) is 4.79 Å². The summed E-state index contributed by atoms with van der Waals surface area (Å²) in [4.78, 5) is 16.7. The first-order valence-corrected chi connectivity index (χ1v) is 7.98. The van der Waals surface area contributed by atoms with E-state index in [1.165, 1.54) is 11.8 Å². The van der Waals surface area contributed by atoms with Crippen molar-refractivity contribution in [1.82, 2.24) is 10.3 Å². The van der Waals surface area contributed by atoms with Gasteiger partial charge in [-0.2, -0.15) is 0 Å². The molecule has 23 heavy (non-hydrogen) atoms. The van der Waals surface area contributed by atoms with E-state index in [2.05, 4.69) is 10.3 Å². The fourth-order valence-corrected chi connectivity index (χ4v) is 3.45. The van der Waals surface area contributed by atoms with Crippen LogP contribution in [0.25, 0.3) is 27.9 Å². The van der Waals surface area contributed by atoms with E-state index in [1.54, 1.807) is 19.4 Å². The topological polar surface area (TPSA) is 64.4 Å². The molecule has 0 saturated carbocycles. The van der Waals surface area contributed by atoms with Crippen LogP contribution in [0.2, 0.25) is 0 Å². The number of thiocarbonyl (C=S) groups is 1. The van der Waals surface area contributed by atoms with Crippen molar-refractivity contribution < 1.29 is 13.9 Å². The van der Waals surface area contributed by atoms with Gasteiger partial charge in [0.2, 0.25) is 0 Å². The molecule has 3 heterocycles. The zero-order valence-corrected chi connectivity index (χ0v) is 13.6. The van der Waals surface area contributed by atoms with Crippen LogP contribution in [0, 0.1) is 0 Å². The third kappa shape index (κ3) is 2.47. The van der Waals surface area contributed by atoms with Gasteiger partial charge in [0.05, 0.1) is 17.5 Å². The van der Waals surface area contributed by atoms with Crippen molar-refractivity contribution in [1.29, 1.82) is 0 Å². The predicted molar refractivity (Wildman–Crippen MR) is 94.4 cm³/mol. The van der Waals surface area contributed by atoms with Crippen LogP contribution in [0.15, 0.2) is 39.8 Å². The second kappa shape index (κ2) is 5.36. The molecule has 1 amide bonds. The fraction of sp³-hybridized carbons (Fsp3) is 0.0625. The van der Waals surface area contributed by atoms with Crippen molar-refractivity contribution in [2.75, 3.05) is 7.11 Å². The normalized spacial score (nSPS) is 16.5. The molecule has 0 unspecified atom stereocenters. The Kier molecular flexibility index (Phi) is 3.32. The highest BCUT2D eigenvalue weighted by molar-refractivity contribution is 8.26. The van der Waals surface area contributed by atoms with E-state index >= 15 is 0 Å². The second-order valence-corrected chi connectivity index (χ2v) is 6.65. The number of nitrogens with one attached hydrogen (secondary N) is 1. The summed E-state index contributed by atoms with van der Waals surface area (Å²) >= 11 is 6.20. The molecule has 2 aromatic heterocycles. The maximum Gasteiger partial charge on any atom is 0.263 e. The molecule has 114 valence electrons. The SMILES string of the molecule is COc1ccc2ncc3cc(/C=C4\SC(=S)NC4=O)oc3c2c1.